The van der Waals surface area contributed by atoms with E-state index in [-0.39, 0.29) is 11.1 Å². The van der Waals surface area contributed by atoms with Crippen LogP contribution in [0.1, 0.15) is 16.1 Å². The highest BCUT2D eigenvalue weighted by atomic mass is 32.1. The number of carbonyl (C=O) groups is 1. The maximum Gasteiger partial charge on any atom is 0.275 e. The van der Waals surface area contributed by atoms with E-state index in [2.05, 4.69) is 4.98 Å². The standard InChI is InChI=1S/C21H12N2O4S/c24-19-18(28-21-22-15-6-1-2-7-16(15)23(19)21)11-14-8-9-17(27-14)12-4-3-5-13(10-12)20(25)26/h1-11H,(H,25,26)/p-1/b18-11+. The Balaban J connectivity index is 1.59. The molecular formula is C21H11N2O4S-. The number of hydrogen-bond donors (Lipinski definition) is 0. The number of fused-ring (bicyclic) bond motifs is 3. The smallest absolute Gasteiger partial charge is 0.275 e. The molecule has 0 aliphatic rings. The summed E-state index contributed by atoms with van der Waals surface area (Å²) < 4.78 is 7.90. The first-order valence-corrected chi connectivity index (χ1v) is 9.25. The van der Waals surface area contributed by atoms with E-state index < -0.39 is 5.97 Å². The molecule has 136 valence electrons. The van der Waals surface area contributed by atoms with Gasteiger partial charge in [-0.05, 0) is 35.9 Å². The number of imidazole rings is 1. The Morgan fingerprint density at radius 1 is 1.11 bits per heavy atom. The monoisotopic (exact) mass is 387 g/mol. The van der Waals surface area contributed by atoms with E-state index in [4.69, 9.17) is 4.42 Å². The van der Waals surface area contributed by atoms with Crippen LogP contribution in [0.2, 0.25) is 0 Å². The second kappa shape index (κ2) is 6.17. The molecule has 0 fully saturated rings. The zero-order valence-electron chi connectivity index (χ0n) is 14.3. The van der Waals surface area contributed by atoms with Crippen LogP contribution in [0.5, 0.6) is 0 Å². The first-order chi connectivity index (χ1) is 13.6. The molecule has 5 aromatic rings. The highest BCUT2D eigenvalue weighted by Gasteiger charge is 2.11. The fourth-order valence-electron chi connectivity index (χ4n) is 3.13. The molecule has 3 heterocycles. The van der Waals surface area contributed by atoms with Crippen LogP contribution in [-0.4, -0.2) is 15.4 Å². The molecule has 0 atom stereocenters. The SMILES string of the molecule is O=C([O-])c1cccc(-c2ccc(/C=c3/sc4nc5ccccc5n4c3=O)o2)c1. The first kappa shape index (κ1) is 16.5. The minimum atomic E-state index is -1.25. The molecule has 3 aromatic heterocycles. The lowest BCUT2D eigenvalue weighted by atomic mass is 10.1. The van der Waals surface area contributed by atoms with Gasteiger partial charge in [0.15, 0.2) is 4.96 Å². The number of benzene rings is 2. The number of aromatic carboxylic acids is 1. The number of para-hydroxylation sites is 2. The normalized spacial score (nSPS) is 12.2. The fourth-order valence-corrected chi connectivity index (χ4v) is 4.09. The fraction of sp³-hybridized carbons (Fsp3) is 0. The summed E-state index contributed by atoms with van der Waals surface area (Å²) in [7, 11) is 0. The molecule has 0 saturated heterocycles. The number of aromatic nitrogens is 2. The van der Waals surface area contributed by atoms with Crippen LogP contribution in [0.3, 0.4) is 0 Å². The number of hydrogen-bond acceptors (Lipinski definition) is 6. The van der Waals surface area contributed by atoms with Gasteiger partial charge in [0.2, 0.25) is 0 Å². The highest BCUT2D eigenvalue weighted by molar-refractivity contribution is 7.15. The summed E-state index contributed by atoms with van der Waals surface area (Å²) in [4.78, 5) is 28.9. The Bertz CT molecular complexity index is 1480. The third kappa shape index (κ3) is 2.60. The number of thiazole rings is 1. The van der Waals surface area contributed by atoms with Gasteiger partial charge >= 0.3 is 0 Å². The van der Waals surface area contributed by atoms with E-state index >= 15 is 0 Å². The summed E-state index contributed by atoms with van der Waals surface area (Å²) in [6.45, 7) is 0. The highest BCUT2D eigenvalue weighted by Crippen LogP contribution is 2.23. The van der Waals surface area contributed by atoms with Crippen molar-refractivity contribution in [2.75, 3.05) is 0 Å². The van der Waals surface area contributed by atoms with Crippen LogP contribution in [0.25, 0.3) is 33.4 Å². The summed E-state index contributed by atoms with van der Waals surface area (Å²) >= 11 is 1.29. The number of furan rings is 1. The minimum absolute atomic E-state index is 0.0765. The Morgan fingerprint density at radius 3 is 2.82 bits per heavy atom. The van der Waals surface area contributed by atoms with Gasteiger partial charge in [-0.15, -0.1) is 0 Å². The predicted molar refractivity (Wildman–Crippen MR) is 104 cm³/mol. The van der Waals surface area contributed by atoms with Gasteiger partial charge in [0, 0.05) is 11.6 Å². The molecule has 0 aliphatic heterocycles. The molecule has 5 rings (SSSR count). The van der Waals surface area contributed by atoms with Crippen LogP contribution in [0, 0.1) is 0 Å². The summed E-state index contributed by atoms with van der Waals surface area (Å²) in [5.74, 6) is -0.237. The number of carboxylic acids is 1. The molecule has 28 heavy (non-hydrogen) atoms. The van der Waals surface area contributed by atoms with Gasteiger partial charge in [0.1, 0.15) is 16.1 Å². The second-order valence-electron chi connectivity index (χ2n) is 6.20. The molecule has 2 aromatic carbocycles. The number of nitrogens with zero attached hydrogens (tertiary/aromatic N) is 2. The van der Waals surface area contributed by atoms with Crippen LogP contribution in [0.4, 0.5) is 0 Å². The predicted octanol–water partition coefficient (Wildman–Crippen LogP) is 2.08. The van der Waals surface area contributed by atoms with E-state index in [9.17, 15) is 14.7 Å². The van der Waals surface area contributed by atoms with Crippen molar-refractivity contribution in [3.8, 4) is 11.3 Å². The van der Waals surface area contributed by atoms with Crippen molar-refractivity contribution < 1.29 is 14.3 Å². The van der Waals surface area contributed by atoms with Crippen LogP contribution in [0.15, 0.2) is 69.9 Å². The second-order valence-corrected chi connectivity index (χ2v) is 7.21. The minimum Gasteiger partial charge on any atom is -0.545 e. The molecule has 0 spiro atoms. The van der Waals surface area contributed by atoms with Crippen LogP contribution < -0.4 is 15.2 Å². The number of carboxylic acid groups (broad SMARTS) is 1. The number of carbonyl (C=O) groups excluding carboxylic acids is 1. The average molecular weight is 387 g/mol. The van der Waals surface area contributed by atoms with Crippen molar-refractivity contribution in [2.24, 2.45) is 0 Å². The maximum atomic E-state index is 12.8. The van der Waals surface area contributed by atoms with Crippen LogP contribution >= 0.6 is 11.3 Å². The lowest BCUT2D eigenvalue weighted by Crippen LogP contribution is -2.22. The Morgan fingerprint density at radius 2 is 1.96 bits per heavy atom. The summed E-state index contributed by atoms with van der Waals surface area (Å²) in [5.41, 5.74) is 2.11. The maximum absolute atomic E-state index is 12.8. The van der Waals surface area contributed by atoms with Gasteiger partial charge in [-0.25, -0.2) is 9.38 Å². The van der Waals surface area contributed by atoms with Crippen molar-refractivity contribution in [1.29, 1.82) is 0 Å². The third-order valence-corrected chi connectivity index (χ3v) is 5.40. The molecule has 0 amide bonds. The number of rotatable bonds is 3. The van der Waals surface area contributed by atoms with E-state index in [1.165, 1.54) is 23.5 Å². The van der Waals surface area contributed by atoms with Gasteiger partial charge < -0.3 is 14.3 Å². The topological polar surface area (TPSA) is 87.6 Å². The van der Waals surface area contributed by atoms with Gasteiger partial charge in [0.05, 0.1) is 17.0 Å². The molecule has 6 nitrogen and oxygen atoms in total. The zero-order chi connectivity index (χ0) is 19.3. The molecule has 0 bridgehead atoms. The van der Waals surface area contributed by atoms with Crippen LogP contribution in [-0.2, 0) is 0 Å². The summed E-state index contributed by atoms with van der Waals surface area (Å²) in [6.07, 6.45) is 1.67. The summed E-state index contributed by atoms with van der Waals surface area (Å²) in [5, 5.41) is 11.0. The lowest BCUT2D eigenvalue weighted by molar-refractivity contribution is -0.255. The van der Waals surface area contributed by atoms with E-state index in [1.807, 2.05) is 24.3 Å². The lowest BCUT2D eigenvalue weighted by Gasteiger charge is -2.03. The van der Waals surface area contributed by atoms with E-state index in [1.54, 1.807) is 34.7 Å². The van der Waals surface area contributed by atoms with Gasteiger partial charge in [-0.3, -0.25) is 4.79 Å². The molecule has 0 aliphatic carbocycles. The molecule has 0 saturated carbocycles. The molecule has 0 N–H and O–H groups in total. The van der Waals surface area contributed by atoms with Gasteiger partial charge in [-0.1, -0.05) is 41.7 Å². The first-order valence-electron chi connectivity index (χ1n) is 8.43. The van der Waals surface area contributed by atoms with Crippen molar-refractivity contribution >= 4 is 39.4 Å². The van der Waals surface area contributed by atoms with Crippen molar-refractivity contribution in [2.45, 2.75) is 0 Å². The van der Waals surface area contributed by atoms with Crippen molar-refractivity contribution in [1.82, 2.24) is 9.38 Å². The van der Waals surface area contributed by atoms with Crippen molar-refractivity contribution in [3.63, 3.8) is 0 Å². The molecule has 0 radical (unpaired) electrons. The van der Waals surface area contributed by atoms with Gasteiger partial charge in [-0.2, -0.15) is 0 Å². The molecule has 0 unspecified atom stereocenters. The largest absolute Gasteiger partial charge is 0.545 e. The van der Waals surface area contributed by atoms with E-state index in [0.29, 0.717) is 26.6 Å². The Labute approximate surface area is 161 Å². The Kier molecular flexibility index (Phi) is 3.63. The zero-order valence-corrected chi connectivity index (χ0v) is 15.1. The Hall–Kier alpha value is -3.71. The van der Waals surface area contributed by atoms with Crippen molar-refractivity contribution in [3.05, 3.63) is 86.9 Å². The van der Waals surface area contributed by atoms with Gasteiger partial charge in [0.25, 0.3) is 5.56 Å². The third-order valence-electron chi connectivity index (χ3n) is 4.43. The quantitative estimate of drug-likeness (QED) is 0.473. The molecule has 7 heteroatoms. The average Bonchev–Trinajstić information content (AvgIpc) is 3.38. The summed E-state index contributed by atoms with van der Waals surface area (Å²) in [6, 6.07) is 17.3. The molecular weight excluding hydrogens is 376 g/mol. The van der Waals surface area contributed by atoms with E-state index in [0.717, 1.165) is 11.0 Å².